The summed E-state index contributed by atoms with van der Waals surface area (Å²) in [5.74, 6) is 2.58. The highest BCUT2D eigenvalue weighted by Gasteiger charge is 2.37. The standard InChI is InChI=1S/C20H21N7OS/c1-13-10-17(25-24-13)23-19-12-26(11-18-21-8-9-27(18)19)29-16-6-2-14(3-7-16)20(28)22-15-4-5-15/h2-3,6-10,12,15H,4-5,11H2,1H3,(H,22,28)(H2,23,24,25)/q+1. The van der Waals surface area contributed by atoms with Crippen LogP contribution in [-0.2, 0) is 0 Å². The number of benzene rings is 1. The first-order valence-corrected chi connectivity index (χ1v) is 10.3. The molecule has 3 N–H and O–H groups in total. The van der Waals surface area contributed by atoms with Crippen molar-refractivity contribution >= 4 is 29.5 Å². The molecule has 5 rings (SSSR count). The van der Waals surface area contributed by atoms with Crippen molar-refractivity contribution in [2.45, 2.75) is 30.7 Å². The second kappa shape index (κ2) is 7.41. The van der Waals surface area contributed by atoms with Crippen molar-refractivity contribution in [3.05, 3.63) is 66.0 Å². The average molecular weight is 408 g/mol. The first-order chi connectivity index (χ1) is 14.1. The first-order valence-electron chi connectivity index (χ1n) is 9.53. The maximum absolute atomic E-state index is 12.2. The largest absolute Gasteiger partial charge is 0.349 e. The van der Waals surface area contributed by atoms with Gasteiger partial charge < -0.3 is 5.32 Å². The summed E-state index contributed by atoms with van der Waals surface area (Å²) in [4.78, 5) is 19.7. The van der Waals surface area contributed by atoms with E-state index in [4.69, 9.17) is 0 Å². The number of nitrogens with zero attached hydrogens (tertiary/aromatic N) is 4. The van der Waals surface area contributed by atoms with Crippen LogP contribution in [0.3, 0.4) is 0 Å². The number of fused-ring (bicyclic) bond motifs is 1. The van der Waals surface area contributed by atoms with Crippen molar-refractivity contribution in [1.82, 2.24) is 24.7 Å². The summed E-state index contributed by atoms with van der Waals surface area (Å²) in [5, 5.41) is 13.6. The van der Waals surface area contributed by atoms with Crippen LogP contribution in [0.1, 0.15) is 28.9 Å². The molecule has 0 bridgehead atoms. The number of hydrogen-bond acceptors (Lipinski definition) is 7. The number of aromatic nitrogens is 2. The van der Waals surface area contributed by atoms with E-state index < -0.39 is 0 Å². The molecule has 29 heavy (non-hydrogen) atoms. The zero-order chi connectivity index (χ0) is 19.8. The third kappa shape index (κ3) is 4.06. The Morgan fingerprint density at radius 2 is 2.14 bits per heavy atom. The number of amides is 1. The molecule has 1 fully saturated rings. The van der Waals surface area contributed by atoms with Gasteiger partial charge in [-0.25, -0.2) is 0 Å². The predicted octanol–water partition coefficient (Wildman–Crippen LogP) is 2.87. The monoisotopic (exact) mass is 407 g/mol. The molecule has 0 spiro atoms. The van der Waals surface area contributed by atoms with Gasteiger partial charge in [-0.3, -0.25) is 19.5 Å². The second-order valence-electron chi connectivity index (χ2n) is 7.23. The first kappa shape index (κ1) is 18.0. The van der Waals surface area contributed by atoms with E-state index in [1.54, 1.807) is 18.1 Å². The van der Waals surface area contributed by atoms with Crippen LogP contribution in [-0.4, -0.2) is 38.8 Å². The van der Waals surface area contributed by atoms with Crippen molar-refractivity contribution in [2.24, 2.45) is 4.99 Å². The highest BCUT2D eigenvalue weighted by molar-refractivity contribution is 7.97. The normalized spacial score (nSPS) is 18.3. The summed E-state index contributed by atoms with van der Waals surface area (Å²) in [6.45, 7) is 2.64. The van der Waals surface area contributed by atoms with Crippen molar-refractivity contribution < 1.29 is 4.79 Å². The van der Waals surface area contributed by atoms with Gasteiger partial charge in [0.05, 0.1) is 12.4 Å². The van der Waals surface area contributed by atoms with E-state index in [-0.39, 0.29) is 5.91 Å². The SMILES string of the molecule is Cc1cc(NC2=CN(Sc3ccc(C(=O)NC4CC4)cc3)CC3=NC=C[N+]23)n[nH]1. The molecule has 1 amide bonds. The number of aliphatic imine (C=N–C) groups is 1. The summed E-state index contributed by atoms with van der Waals surface area (Å²) in [6.07, 6.45) is 7.94. The van der Waals surface area contributed by atoms with Gasteiger partial charge in [0.15, 0.2) is 12.0 Å². The van der Waals surface area contributed by atoms with Crippen molar-refractivity contribution in [2.75, 3.05) is 11.9 Å². The van der Waals surface area contributed by atoms with Crippen molar-refractivity contribution in [3.8, 4) is 0 Å². The number of carbonyl (C=O) groups excluding carboxylic acids is 1. The van der Waals surface area contributed by atoms with Crippen LogP contribution in [0, 0.1) is 6.92 Å². The van der Waals surface area contributed by atoms with Crippen LogP contribution in [0.15, 0.2) is 64.6 Å². The van der Waals surface area contributed by atoms with Crippen LogP contribution in [0.2, 0.25) is 0 Å². The molecule has 3 aliphatic rings. The number of rotatable bonds is 6. The van der Waals surface area contributed by atoms with Gasteiger partial charge in [0.1, 0.15) is 6.54 Å². The highest BCUT2D eigenvalue weighted by Crippen LogP contribution is 2.29. The number of anilines is 1. The molecular formula is C20H21N7OS+. The lowest BCUT2D eigenvalue weighted by Gasteiger charge is -2.24. The van der Waals surface area contributed by atoms with Gasteiger partial charge in [-0.15, -0.1) is 0 Å². The third-order valence-electron chi connectivity index (χ3n) is 4.75. The minimum atomic E-state index is 0.00438. The van der Waals surface area contributed by atoms with E-state index in [9.17, 15) is 4.79 Å². The summed E-state index contributed by atoms with van der Waals surface area (Å²) in [7, 11) is 0. The summed E-state index contributed by atoms with van der Waals surface area (Å²) >= 11 is 1.60. The Bertz CT molecular complexity index is 1020. The Morgan fingerprint density at radius 3 is 2.86 bits per heavy atom. The number of aromatic amines is 1. The maximum atomic E-state index is 12.2. The lowest BCUT2D eigenvalue weighted by molar-refractivity contribution is 0.0951. The highest BCUT2D eigenvalue weighted by atomic mass is 32.2. The fourth-order valence-electron chi connectivity index (χ4n) is 3.12. The zero-order valence-corrected chi connectivity index (χ0v) is 16.7. The van der Waals surface area contributed by atoms with Gasteiger partial charge in [0.25, 0.3) is 17.6 Å². The lowest BCUT2D eigenvalue weighted by atomic mass is 10.2. The van der Waals surface area contributed by atoms with E-state index in [0.29, 0.717) is 18.2 Å². The Balaban J connectivity index is 1.30. The number of nitrogens with one attached hydrogen (secondary N) is 3. The van der Waals surface area contributed by atoms with Gasteiger partial charge in [-0.2, -0.15) is 10.1 Å². The van der Waals surface area contributed by atoms with Crippen LogP contribution < -0.4 is 15.5 Å². The fraction of sp³-hybridized carbons (Fsp3) is 0.250. The van der Waals surface area contributed by atoms with Gasteiger partial charge in [0.2, 0.25) is 0 Å². The van der Waals surface area contributed by atoms with Gasteiger partial charge in [0, 0.05) is 28.3 Å². The van der Waals surface area contributed by atoms with Crippen LogP contribution in [0.4, 0.5) is 5.82 Å². The molecule has 1 aromatic heterocycles. The predicted molar refractivity (Wildman–Crippen MR) is 113 cm³/mol. The summed E-state index contributed by atoms with van der Waals surface area (Å²) in [5.41, 5.74) is 1.69. The molecular weight excluding hydrogens is 386 g/mol. The minimum absolute atomic E-state index is 0.00438. The molecule has 0 unspecified atom stereocenters. The Morgan fingerprint density at radius 1 is 1.31 bits per heavy atom. The van der Waals surface area contributed by atoms with E-state index in [1.165, 1.54) is 0 Å². The molecule has 2 aliphatic heterocycles. The van der Waals surface area contributed by atoms with Gasteiger partial charge in [-0.1, -0.05) is 0 Å². The quantitative estimate of drug-likeness (QED) is 0.506. The maximum Gasteiger partial charge on any atom is 0.285 e. The number of carbonyl (C=O) groups is 1. The molecule has 147 valence electrons. The molecule has 1 aromatic carbocycles. The van der Waals surface area contributed by atoms with E-state index in [2.05, 4.69) is 30.1 Å². The Kier molecular flexibility index (Phi) is 4.61. The summed E-state index contributed by atoms with van der Waals surface area (Å²) in [6, 6.07) is 10.0. The summed E-state index contributed by atoms with van der Waals surface area (Å²) < 4.78 is 2.11. The fourth-order valence-corrected chi connectivity index (χ4v) is 3.98. The van der Waals surface area contributed by atoms with Crippen molar-refractivity contribution in [1.29, 1.82) is 0 Å². The van der Waals surface area contributed by atoms with Crippen LogP contribution in [0.25, 0.3) is 0 Å². The molecule has 2 aromatic rings. The number of aryl methyl sites for hydroxylation is 1. The van der Waals surface area contributed by atoms with E-state index in [0.717, 1.165) is 40.9 Å². The van der Waals surface area contributed by atoms with Crippen LogP contribution >= 0.6 is 11.9 Å². The molecule has 1 aliphatic carbocycles. The molecule has 0 atom stereocenters. The molecule has 3 heterocycles. The number of hydrogen-bond donors (Lipinski definition) is 3. The third-order valence-corrected chi connectivity index (χ3v) is 5.71. The second-order valence-corrected chi connectivity index (χ2v) is 8.35. The number of H-pyrrole nitrogens is 1. The zero-order valence-electron chi connectivity index (χ0n) is 15.9. The average Bonchev–Trinajstić information content (AvgIpc) is 3.22. The van der Waals surface area contributed by atoms with Crippen LogP contribution in [0.5, 0.6) is 0 Å². The van der Waals surface area contributed by atoms with E-state index in [1.807, 2.05) is 54.6 Å². The molecule has 8 nitrogen and oxygen atoms in total. The van der Waals surface area contributed by atoms with Crippen molar-refractivity contribution in [3.63, 3.8) is 0 Å². The number of amidine groups is 1. The smallest absolute Gasteiger partial charge is 0.285 e. The van der Waals surface area contributed by atoms with E-state index >= 15 is 0 Å². The molecule has 0 saturated heterocycles. The topological polar surface area (TPSA) is 91.3 Å². The lowest BCUT2D eigenvalue weighted by Crippen LogP contribution is -2.42. The van der Waals surface area contributed by atoms with Gasteiger partial charge >= 0.3 is 0 Å². The molecule has 1 saturated carbocycles. The van der Waals surface area contributed by atoms with Gasteiger partial charge in [-0.05, 0) is 60.9 Å². The molecule has 9 heteroatoms. The minimum Gasteiger partial charge on any atom is -0.349 e. The Labute approximate surface area is 172 Å². The molecule has 1 radical (unpaired) electrons. The Hall–Kier alpha value is -3.04.